The third kappa shape index (κ3) is 4.78. The topological polar surface area (TPSA) is 15.3 Å². The van der Waals surface area contributed by atoms with Gasteiger partial charge in [0.15, 0.2) is 0 Å². The molecule has 2 nitrogen and oxygen atoms in total. The van der Waals surface area contributed by atoms with E-state index in [1.807, 2.05) is 11.3 Å². The van der Waals surface area contributed by atoms with E-state index in [9.17, 15) is 0 Å². The van der Waals surface area contributed by atoms with E-state index in [1.165, 1.54) is 4.88 Å². The van der Waals surface area contributed by atoms with E-state index < -0.39 is 0 Å². The van der Waals surface area contributed by atoms with Crippen molar-refractivity contribution in [1.82, 2.24) is 10.2 Å². The summed E-state index contributed by atoms with van der Waals surface area (Å²) in [5.41, 5.74) is 0. The first kappa shape index (κ1) is 12.7. The molecule has 0 amide bonds. The van der Waals surface area contributed by atoms with Crippen molar-refractivity contribution in [2.75, 3.05) is 20.6 Å². The lowest BCUT2D eigenvalue weighted by Crippen LogP contribution is -2.39. The van der Waals surface area contributed by atoms with Crippen molar-refractivity contribution in [3.05, 3.63) is 22.4 Å². The minimum absolute atomic E-state index is 0.561. The Kier molecular flexibility index (Phi) is 5.29. The number of hydrogen-bond donors (Lipinski definition) is 1. The summed E-state index contributed by atoms with van der Waals surface area (Å²) in [6.45, 7) is 5.55. The second-order valence-corrected chi connectivity index (χ2v) is 5.44. The maximum atomic E-state index is 3.57. The highest BCUT2D eigenvalue weighted by atomic mass is 32.1. The molecule has 0 aromatic carbocycles. The Morgan fingerprint density at radius 3 is 2.67 bits per heavy atom. The number of thiophene rings is 1. The highest BCUT2D eigenvalue weighted by Crippen LogP contribution is 2.10. The molecule has 0 aliphatic heterocycles. The zero-order valence-electron chi connectivity index (χ0n) is 10.2. The van der Waals surface area contributed by atoms with Gasteiger partial charge in [-0.15, -0.1) is 11.3 Å². The molecule has 0 aliphatic rings. The van der Waals surface area contributed by atoms with Crippen LogP contribution in [0.15, 0.2) is 17.5 Å². The Bertz CT molecular complexity index is 257. The summed E-state index contributed by atoms with van der Waals surface area (Å²) >= 11 is 1.84. The van der Waals surface area contributed by atoms with E-state index in [-0.39, 0.29) is 0 Å². The average Bonchev–Trinajstić information content (AvgIpc) is 2.66. The smallest absolute Gasteiger partial charge is 0.0186 e. The molecule has 0 radical (unpaired) electrons. The number of hydrogen-bond acceptors (Lipinski definition) is 3. The second kappa shape index (κ2) is 6.26. The van der Waals surface area contributed by atoms with E-state index >= 15 is 0 Å². The number of nitrogens with one attached hydrogen (secondary N) is 1. The van der Waals surface area contributed by atoms with Crippen LogP contribution in [-0.2, 0) is 6.42 Å². The van der Waals surface area contributed by atoms with Gasteiger partial charge >= 0.3 is 0 Å². The largest absolute Gasteiger partial charge is 0.312 e. The van der Waals surface area contributed by atoms with Crippen molar-refractivity contribution in [3.63, 3.8) is 0 Å². The van der Waals surface area contributed by atoms with Crippen LogP contribution in [0, 0.1) is 0 Å². The van der Waals surface area contributed by atoms with Crippen molar-refractivity contribution >= 4 is 11.3 Å². The molecule has 1 aromatic heterocycles. The molecule has 2 unspecified atom stereocenters. The third-order valence-corrected chi connectivity index (χ3v) is 3.63. The van der Waals surface area contributed by atoms with Gasteiger partial charge in [-0.2, -0.15) is 0 Å². The quantitative estimate of drug-likeness (QED) is 0.800. The molecule has 15 heavy (non-hydrogen) atoms. The Hall–Kier alpha value is -0.380. The Morgan fingerprint density at radius 1 is 1.40 bits per heavy atom. The normalized spacial score (nSPS) is 15.5. The van der Waals surface area contributed by atoms with Crippen molar-refractivity contribution in [2.24, 2.45) is 0 Å². The van der Waals surface area contributed by atoms with Gasteiger partial charge in [0.25, 0.3) is 0 Å². The lowest BCUT2D eigenvalue weighted by Gasteiger charge is -2.22. The maximum absolute atomic E-state index is 3.57. The molecule has 1 N–H and O–H groups in total. The van der Waals surface area contributed by atoms with E-state index in [0.717, 1.165) is 13.0 Å². The fraction of sp³-hybridized carbons (Fsp3) is 0.667. The summed E-state index contributed by atoms with van der Waals surface area (Å²) in [5.74, 6) is 0. The molecular formula is C12H22N2S. The van der Waals surface area contributed by atoms with Crippen LogP contribution in [0.4, 0.5) is 0 Å². The van der Waals surface area contributed by atoms with Gasteiger partial charge in [0.1, 0.15) is 0 Å². The summed E-state index contributed by atoms with van der Waals surface area (Å²) in [6.07, 6.45) is 1.14. The SMILES string of the molecule is CC(Cc1cccs1)NCC(C)N(C)C. The first-order chi connectivity index (χ1) is 7.09. The molecule has 0 spiro atoms. The molecule has 3 heteroatoms. The van der Waals surface area contributed by atoms with E-state index in [4.69, 9.17) is 0 Å². The standard InChI is InChI=1S/C12H22N2S/c1-10(8-12-6-5-7-15-12)13-9-11(2)14(3)4/h5-7,10-11,13H,8-9H2,1-4H3. The van der Waals surface area contributed by atoms with Crippen molar-refractivity contribution < 1.29 is 0 Å². The molecule has 2 atom stereocenters. The zero-order valence-corrected chi connectivity index (χ0v) is 11.0. The third-order valence-electron chi connectivity index (χ3n) is 2.73. The van der Waals surface area contributed by atoms with E-state index in [2.05, 4.69) is 55.7 Å². The first-order valence-electron chi connectivity index (χ1n) is 5.51. The second-order valence-electron chi connectivity index (χ2n) is 4.41. The van der Waals surface area contributed by atoms with Gasteiger partial charge in [0.2, 0.25) is 0 Å². The average molecular weight is 226 g/mol. The Balaban J connectivity index is 2.22. The van der Waals surface area contributed by atoms with E-state index in [1.54, 1.807) is 0 Å². The van der Waals surface area contributed by atoms with E-state index in [0.29, 0.717) is 12.1 Å². The fourth-order valence-electron chi connectivity index (χ4n) is 1.36. The van der Waals surface area contributed by atoms with Crippen LogP contribution < -0.4 is 5.32 Å². The monoisotopic (exact) mass is 226 g/mol. The molecule has 0 saturated heterocycles. The lowest BCUT2D eigenvalue weighted by atomic mass is 10.2. The molecular weight excluding hydrogens is 204 g/mol. The van der Waals surface area contributed by atoms with Crippen molar-refractivity contribution in [3.8, 4) is 0 Å². The Morgan fingerprint density at radius 2 is 2.13 bits per heavy atom. The van der Waals surface area contributed by atoms with Crippen LogP contribution in [0.1, 0.15) is 18.7 Å². The minimum atomic E-state index is 0.561. The van der Waals surface area contributed by atoms with Gasteiger partial charge in [-0.25, -0.2) is 0 Å². The summed E-state index contributed by atoms with van der Waals surface area (Å²) in [5, 5.41) is 5.71. The predicted molar refractivity (Wildman–Crippen MR) is 68.6 cm³/mol. The van der Waals surface area contributed by atoms with Gasteiger partial charge in [-0.05, 0) is 45.8 Å². The van der Waals surface area contributed by atoms with Crippen LogP contribution in [0.3, 0.4) is 0 Å². The molecule has 1 rings (SSSR count). The molecule has 86 valence electrons. The number of nitrogens with zero attached hydrogens (tertiary/aromatic N) is 1. The first-order valence-corrected chi connectivity index (χ1v) is 6.39. The van der Waals surface area contributed by atoms with Crippen LogP contribution >= 0.6 is 11.3 Å². The van der Waals surface area contributed by atoms with Crippen LogP contribution in [0.5, 0.6) is 0 Å². The van der Waals surface area contributed by atoms with Gasteiger partial charge in [-0.1, -0.05) is 6.07 Å². The lowest BCUT2D eigenvalue weighted by molar-refractivity contribution is 0.295. The van der Waals surface area contributed by atoms with Gasteiger partial charge < -0.3 is 10.2 Å². The van der Waals surface area contributed by atoms with Gasteiger partial charge in [-0.3, -0.25) is 0 Å². The van der Waals surface area contributed by atoms with Crippen LogP contribution in [0.2, 0.25) is 0 Å². The zero-order chi connectivity index (χ0) is 11.3. The van der Waals surface area contributed by atoms with Crippen molar-refractivity contribution in [2.45, 2.75) is 32.4 Å². The molecule has 0 bridgehead atoms. The number of likely N-dealkylation sites (N-methyl/N-ethyl adjacent to an activating group) is 1. The summed E-state index contributed by atoms with van der Waals surface area (Å²) in [4.78, 5) is 3.71. The summed E-state index contributed by atoms with van der Waals surface area (Å²) < 4.78 is 0. The van der Waals surface area contributed by atoms with Gasteiger partial charge in [0, 0.05) is 23.5 Å². The minimum Gasteiger partial charge on any atom is -0.312 e. The molecule has 0 saturated carbocycles. The molecule has 0 aliphatic carbocycles. The van der Waals surface area contributed by atoms with Crippen LogP contribution in [-0.4, -0.2) is 37.6 Å². The highest BCUT2D eigenvalue weighted by molar-refractivity contribution is 7.09. The molecule has 0 fully saturated rings. The molecule has 1 aromatic rings. The summed E-state index contributed by atoms with van der Waals surface area (Å²) in [6, 6.07) is 5.48. The van der Waals surface area contributed by atoms with Crippen molar-refractivity contribution in [1.29, 1.82) is 0 Å². The maximum Gasteiger partial charge on any atom is 0.0186 e. The number of rotatable bonds is 6. The van der Waals surface area contributed by atoms with Crippen LogP contribution in [0.25, 0.3) is 0 Å². The highest BCUT2D eigenvalue weighted by Gasteiger charge is 2.07. The van der Waals surface area contributed by atoms with Gasteiger partial charge in [0.05, 0.1) is 0 Å². The summed E-state index contributed by atoms with van der Waals surface area (Å²) in [7, 11) is 4.24. The predicted octanol–water partition coefficient (Wildman–Crippen LogP) is 2.22. The Labute approximate surface area is 97.3 Å². The molecule has 1 heterocycles. The fourth-order valence-corrected chi connectivity index (χ4v) is 2.19.